The van der Waals surface area contributed by atoms with E-state index in [4.69, 9.17) is 4.74 Å². The number of carbonyl (C=O) groups excluding carboxylic acids is 1. The van der Waals surface area contributed by atoms with E-state index in [9.17, 15) is 9.90 Å². The first-order valence-corrected chi connectivity index (χ1v) is 5.76. The van der Waals surface area contributed by atoms with Crippen LogP contribution in [-0.4, -0.2) is 31.8 Å². The van der Waals surface area contributed by atoms with Crippen LogP contribution in [0.2, 0.25) is 0 Å². The zero-order chi connectivity index (χ0) is 13.1. The van der Waals surface area contributed by atoms with Crippen molar-refractivity contribution in [3.05, 3.63) is 24.0 Å². The monoisotopic (exact) mass is 249 g/mol. The van der Waals surface area contributed by atoms with E-state index in [1.807, 2.05) is 6.92 Å². The average Bonchev–Trinajstić information content (AvgIpc) is 2.74. The van der Waals surface area contributed by atoms with Gasteiger partial charge in [0.1, 0.15) is 0 Å². The summed E-state index contributed by atoms with van der Waals surface area (Å²) in [5, 5.41) is 13.7. The van der Waals surface area contributed by atoms with Gasteiger partial charge in [-0.1, -0.05) is 0 Å². The number of nitrogens with zero attached hydrogens (tertiary/aromatic N) is 3. The third-order valence-corrected chi connectivity index (χ3v) is 2.57. The molecule has 2 aromatic heterocycles. The summed E-state index contributed by atoms with van der Waals surface area (Å²) in [7, 11) is 0. The number of hydrogen-bond acceptors (Lipinski definition) is 5. The molecule has 6 heteroatoms. The molecule has 2 rings (SSSR count). The molecule has 18 heavy (non-hydrogen) atoms. The van der Waals surface area contributed by atoms with Gasteiger partial charge in [-0.25, -0.2) is 4.98 Å². The zero-order valence-electron chi connectivity index (χ0n) is 10.3. The van der Waals surface area contributed by atoms with Gasteiger partial charge in [0.05, 0.1) is 12.3 Å². The van der Waals surface area contributed by atoms with Crippen molar-refractivity contribution in [1.29, 1.82) is 0 Å². The van der Waals surface area contributed by atoms with Crippen LogP contribution in [0.4, 0.5) is 0 Å². The van der Waals surface area contributed by atoms with Gasteiger partial charge < -0.3 is 9.84 Å². The molecule has 2 heterocycles. The van der Waals surface area contributed by atoms with Crippen molar-refractivity contribution in [1.82, 2.24) is 14.6 Å². The maximum absolute atomic E-state index is 10.8. The highest BCUT2D eigenvalue weighted by Crippen LogP contribution is 2.14. The Kier molecular flexibility index (Phi) is 3.45. The molecule has 0 radical (unpaired) electrons. The van der Waals surface area contributed by atoms with Crippen molar-refractivity contribution in [3.8, 4) is 5.88 Å². The maximum Gasteiger partial charge on any atom is 0.302 e. The molecule has 0 aliphatic heterocycles. The predicted octanol–water partition coefficient (Wildman–Crippen LogP) is 1.32. The Labute approximate surface area is 104 Å². The smallest absolute Gasteiger partial charge is 0.302 e. The minimum atomic E-state index is -0.287. The number of esters is 1. The van der Waals surface area contributed by atoms with E-state index in [-0.39, 0.29) is 18.0 Å². The van der Waals surface area contributed by atoms with Gasteiger partial charge in [-0.3, -0.25) is 4.79 Å². The Morgan fingerprint density at radius 2 is 2.39 bits per heavy atom. The SMILES string of the molecule is CC(=O)OC(C)CCc1cc(O)n2nccc2n1. The molecular weight excluding hydrogens is 234 g/mol. The Morgan fingerprint density at radius 3 is 3.11 bits per heavy atom. The Balaban J connectivity index is 2.05. The molecule has 96 valence electrons. The van der Waals surface area contributed by atoms with E-state index in [1.165, 1.54) is 11.4 Å². The molecule has 0 aromatic carbocycles. The lowest BCUT2D eigenvalue weighted by atomic mass is 10.1. The van der Waals surface area contributed by atoms with E-state index in [1.54, 1.807) is 18.3 Å². The van der Waals surface area contributed by atoms with Gasteiger partial charge >= 0.3 is 5.97 Å². The van der Waals surface area contributed by atoms with Crippen molar-refractivity contribution < 1.29 is 14.6 Å². The van der Waals surface area contributed by atoms with Crippen LogP contribution in [0.3, 0.4) is 0 Å². The second-order valence-corrected chi connectivity index (χ2v) is 4.17. The fraction of sp³-hybridized carbons (Fsp3) is 0.417. The predicted molar refractivity (Wildman–Crippen MR) is 64.2 cm³/mol. The average molecular weight is 249 g/mol. The lowest BCUT2D eigenvalue weighted by Crippen LogP contribution is -2.13. The highest BCUT2D eigenvalue weighted by Gasteiger charge is 2.09. The number of rotatable bonds is 4. The van der Waals surface area contributed by atoms with Crippen molar-refractivity contribution >= 4 is 11.6 Å². The lowest BCUT2D eigenvalue weighted by molar-refractivity contribution is -0.145. The third kappa shape index (κ3) is 2.77. The number of aromatic nitrogens is 3. The fourth-order valence-electron chi connectivity index (χ4n) is 1.77. The molecule has 0 bridgehead atoms. The Hall–Kier alpha value is -2.11. The van der Waals surface area contributed by atoms with Gasteiger partial charge in [-0.15, -0.1) is 0 Å². The number of carbonyl (C=O) groups is 1. The second-order valence-electron chi connectivity index (χ2n) is 4.17. The minimum absolute atomic E-state index is 0.0557. The molecule has 1 unspecified atom stereocenters. The van der Waals surface area contributed by atoms with Crippen molar-refractivity contribution in [2.45, 2.75) is 32.8 Å². The summed E-state index contributed by atoms with van der Waals surface area (Å²) in [5.74, 6) is -0.232. The first-order chi connectivity index (χ1) is 8.56. The highest BCUT2D eigenvalue weighted by atomic mass is 16.5. The van der Waals surface area contributed by atoms with Crippen LogP contribution in [0.15, 0.2) is 18.3 Å². The topological polar surface area (TPSA) is 76.7 Å². The Morgan fingerprint density at radius 1 is 1.61 bits per heavy atom. The number of aromatic hydroxyl groups is 1. The van der Waals surface area contributed by atoms with Gasteiger partial charge in [-0.05, 0) is 19.8 Å². The molecule has 2 aromatic rings. The summed E-state index contributed by atoms with van der Waals surface area (Å²) in [6.45, 7) is 3.22. The number of fused-ring (bicyclic) bond motifs is 1. The van der Waals surface area contributed by atoms with E-state index >= 15 is 0 Å². The van der Waals surface area contributed by atoms with Gasteiger partial charge in [0.2, 0.25) is 5.88 Å². The molecule has 6 nitrogen and oxygen atoms in total. The second kappa shape index (κ2) is 5.03. The molecule has 1 N–H and O–H groups in total. The van der Waals surface area contributed by atoms with Crippen LogP contribution >= 0.6 is 0 Å². The van der Waals surface area contributed by atoms with Crippen LogP contribution in [-0.2, 0) is 16.0 Å². The fourth-order valence-corrected chi connectivity index (χ4v) is 1.77. The molecular formula is C12H15N3O3. The lowest BCUT2D eigenvalue weighted by Gasteiger charge is -2.11. The number of aryl methyl sites for hydroxylation is 1. The summed E-state index contributed by atoms with van der Waals surface area (Å²) >= 11 is 0. The van der Waals surface area contributed by atoms with E-state index in [0.717, 1.165) is 5.69 Å². The van der Waals surface area contributed by atoms with Crippen molar-refractivity contribution in [3.63, 3.8) is 0 Å². The summed E-state index contributed by atoms with van der Waals surface area (Å²) < 4.78 is 6.39. The van der Waals surface area contributed by atoms with Gasteiger partial charge in [0, 0.05) is 24.8 Å². The molecule has 0 aliphatic carbocycles. The summed E-state index contributed by atoms with van der Waals surface area (Å²) in [4.78, 5) is 15.1. The van der Waals surface area contributed by atoms with Gasteiger partial charge in [0.15, 0.2) is 5.65 Å². The maximum atomic E-state index is 10.8. The van der Waals surface area contributed by atoms with Crippen molar-refractivity contribution in [2.75, 3.05) is 0 Å². The van der Waals surface area contributed by atoms with Crippen LogP contribution in [0.5, 0.6) is 5.88 Å². The number of hydrogen-bond donors (Lipinski definition) is 1. The van der Waals surface area contributed by atoms with Crippen molar-refractivity contribution in [2.24, 2.45) is 0 Å². The normalized spacial score (nSPS) is 12.6. The standard InChI is InChI=1S/C12H15N3O3/c1-8(18-9(2)16)3-4-10-7-12(17)15-11(14-10)5-6-13-15/h5-8,17H,3-4H2,1-2H3. The first-order valence-electron chi connectivity index (χ1n) is 5.76. The van der Waals surface area contributed by atoms with E-state index in [0.29, 0.717) is 18.5 Å². The molecule has 1 atom stereocenters. The van der Waals surface area contributed by atoms with Crippen LogP contribution in [0.1, 0.15) is 26.0 Å². The minimum Gasteiger partial charge on any atom is -0.493 e. The first kappa shape index (κ1) is 12.3. The van der Waals surface area contributed by atoms with Crippen LogP contribution in [0.25, 0.3) is 5.65 Å². The number of ether oxygens (including phenoxy) is 1. The van der Waals surface area contributed by atoms with Gasteiger partial charge in [-0.2, -0.15) is 9.61 Å². The summed E-state index contributed by atoms with van der Waals surface area (Å²) in [5.41, 5.74) is 1.35. The van der Waals surface area contributed by atoms with E-state index < -0.39 is 0 Å². The summed E-state index contributed by atoms with van der Waals surface area (Å²) in [6.07, 6.45) is 2.71. The molecule has 0 spiro atoms. The van der Waals surface area contributed by atoms with Crippen LogP contribution in [0, 0.1) is 0 Å². The molecule has 0 saturated heterocycles. The molecule has 0 aliphatic rings. The highest BCUT2D eigenvalue weighted by molar-refractivity contribution is 5.66. The Bertz CT molecular complexity index is 565. The largest absolute Gasteiger partial charge is 0.493 e. The third-order valence-electron chi connectivity index (χ3n) is 2.57. The summed E-state index contributed by atoms with van der Waals surface area (Å²) in [6, 6.07) is 3.29. The van der Waals surface area contributed by atoms with Crippen LogP contribution < -0.4 is 0 Å². The zero-order valence-corrected chi connectivity index (χ0v) is 10.3. The van der Waals surface area contributed by atoms with E-state index in [2.05, 4.69) is 10.1 Å². The molecule has 0 saturated carbocycles. The molecule has 0 amide bonds. The quantitative estimate of drug-likeness (QED) is 0.827. The molecule has 0 fully saturated rings. The van der Waals surface area contributed by atoms with Gasteiger partial charge in [0.25, 0.3) is 0 Å².